The fourth-order valence-corrected chi connectivity index (χ4v) is 6.67. The molecule has 68 heavy (non-hydrogen) atoms. The van der Waals surface area contributed by atoms with Gasteiger partial charge >= 0.3 is 71.1 Å². The number of unbranched alkanes of at least 4 members (excludes halogenated alkanes) is 16. The van der Waals surface area contributed by atoms with Gasteiger partial charge in [0.2, 0.25) is 0 Å². The van der Waals surface area contributed by atoms with Crippen LogP contribution in [0.5, 0.6) is 0 Å². The minimum Gasteiger partial charge on any atom is -0.550 e. The molecule has 0 fully saturated rings. The quantitative estimate of drug-likeness (QED) is 0.0165. The van der Waals surface area contributed by atoms with Crippen LogP contribution in [-0.4, -0.2) is 128 Å². The van der Waals surface area contributed by atoms with Crippen LogP contribution in [0.25, 0.3) is 0 Å². The third-order valence-electron chi connectivity index (χ3n) is 9.86. The number of carbonyl (C=O) groups excluding carboxylic acids is 4. The van der Waals surface area contributed by atoms with E-state index < -0.39 is 33.7 Å². The summed E-state index contributed by atoms with van der Waals surface area (Å²) in [6, 6.07) is 0. The summed E-state index contributed by atoms with van der Waals surface area (Å²) in [6.07, 6.45) is 33.9. The van der Waals surface area contributed by atoms with Crippen molar-refractivity contribution >= 4 is 34.0 Å². The number of carbonyl (C=O) groups is 4. The van der Waals surface area contributed by atoms with E-state index in [0.29, 0.717) is 26.1 Å². The fraction of sp³-hybridized carbons (Fsp3) is 0.833. The number of ether oxygens (including phenoxy) is 4. The van der Waals surface area contributed by atoms with E-state index in [1.165, 1.54) is 51.4 Å². The van der Waals surface area contributed by atoms with Gasteiger partial charge in [-0.05, 0) is 64.2 Å². The van der Waals surface area contributed by atoms with E-state index in [-0.39, 0.29) is 123 Å². The number of hydrogen-bond acceptors (Lipinski definition) is 16. The van der Waals surface area contributed by atoms with Crippen molar-refractivity contribution < 1.29 is 141 Å². The predicted molar refractivity (Wildman–Crippen MR) is 249 cm³/mol. The van der Waals surface area contributed by atoms with Gasteiger partial charge in [0.05, 0.1) is 57.8 Å². The second-order valence-electron chi connectivity index (χ2n) is 16.0. The molecule has 0 bridgehead atoms. The van der Waals surface area contributed by atoms with Crippen LogP contribution in [0.15, 0.2) is 24.3 Å². The van der Waals surface area contributed by atoms with Gasteiger partial charge in [-0.25, -0.2) is 0 Å². The molecule has 20 heteroatoms. The molecule has 0 aromatic carbocycles. The van der Waals surface area contributed by atoms with E-state index >= 15 is 0 Å². The fourth-order valence-electron chi connectivity index (χ4n) is 6.08. The average molecular weight is 1020 g/mol. The van der Waals surface area contributed by atoms with Crippen molar-refractivity contribution in [3.63, 3.8) is 0 Å². The number of aliphatic carboxylic acids is 2. The van der Waals surface area contributed by atoms with Crippen molar-refractivity contribution in [3.8, 4) is 0 Å². The molecule has 0 rings (SSSR count). The number of esters is 2. The van der Waals surface area contributed by atoms with Gasteiger partial charge in [-0.3, -0.25) is 14.1 Å². The molecule has 0 aliphatic rings. The summed E-state index contributed by atoms with van der Waals surface area (Å²) < 4.78 is 48.6. The summed E-state index contributed by atoms with van der Waals surface area (Å²) in [7, 11) is -4.94. The van der Waals surface area contributed by atoms with Crippen LogP contribution in [0, 0.1) is 0 Å². The number of hydrogen-bond donors (Lipinski definition) is 5. The minimum absolute atomic E-state index is 0. The zero-order chi connectivity index (χ0) is 49.9. The van der Waals surface area contributed by atoms with Gasteiger partial charge < -0.3 is 59.2 Å². The largest absolute Gasteiger partial charge is 1.00 e. The minimum atomic E-state index is -4.94. The molecule has 0 radical (unpaired) electrons. The SMILES string of the molecule is CCCCCC[C@@H](O)C/C=C\CCCCCCCC(=O)OCCOCCO.CCCCCC[C@@H](O)C/C=C\CCCCCCCC(=O)OCCOCCO.O=C([O-])CC(C(=O)[O-])S(=O)(=O)O.[Na+].[Na+]. The van der Waals surface area contributed by atoms with Crippen LogP contribution in [0.3, 0.4) is 0 Å². The van der Waals surface area contributed by atoms with E-state index in [1.807, 2.05) is 0 Å². The number of aliphatic hydroxyl groups is 4. The third-order valence-corrected chi connectivity index (χ3v) is 10.9. The van der Waals surface area contributed by atoms with Crippen molar-refractivity contribution in [2.75, 3.05) is 52.9 Å². The number of aliphatic hydroxyl groups excluding tert-OH is 4. The van der Waals surface area contributed by atoms with Crippen LogP contribution in [-0.2, 0) is 48.2 Å². The normalized spacial score (nSPS) is 12.4. The van der Waals surface area contributed by atoms with E-state index in [2.05, 4.69) is 38.2 Å². The first kappa shape index (κ1) is 76.0. The Morgan fingerprint density at radius 3 is 1.22 bits per heavy atom. The van der Waals surface area contributed by atoms with Gasteiger partial charge in [-0.15, -0.1) is 0 Å². The van der Waals surface area contributed by atoms with E-state index in [1.54, 1.807) is 0 Å². The number of allylic oxidation sites excluding steroid dienone is 2. The molecular weight excluding hydrogens is 927 g/mol. The molecule has 0 saturated carbocycles. The maximum Gasteiger partial charge on any atom is 1.00 e. The Morgan fingerprint density at radius 2 is 0.897 bits per heavy atom. The topological polar surface area (TPSA) is 287 Å². The van der Waals surface area contributed by atoms with Gasteiger partial charge in [0.1, 0.15) is 18.5 Å². The molecule has 1 unspecified atom stereocenters. The smallest absolute Gasteiger partial charge is 0.550 e. The molecule has 390 valence electrons. The van der Waals surface area contributed by atoms with Crippen LogP contribution in [0.4, 0.5) is 0 Å². The van der Waals surface area contributed by atoms with Crippen molar-refractivity contribution in [2.24, 2.45) is 0 Å². The van der Waals surface area contributed by atoms with Gasteiger partial charge in [0, 0.05) is 25.2 Å². The molecule has 0 saturated heterocycles. The molecule has 0 aliphatic heterocycles. The van der Waals surface area contributed by atoms with Crippen molar-refractivity contribution in [1.29, 1.82) is 0 Å². The molecular formula is C48H88Na2O17S. The van der Waals surface area contributed by atoms with Crippen LogP contribution < -0.4 is 69.3 Å². The number of rotatable bonds is 44. The van der Waals surface area contributed by atoms with Crippen LogP contribution >= 0.6 is 0 Å². The zero-order valence-electron chi connectivity index (χ0n) is 42.3. The molecule has 17 nitrogen and oxygen atoms in total. The molecule has 0 heterocycles. The van der Waals surface area contributed by atoms with E-state index in [4.69, 9.17) is 33.7 Å². The Labute approximate surface area is 453 Å². The first-order chi connectivity index (χ1) is 31.7. The van der Waals surface area contributed by atoms with Gasteiger partial charge in [0.25, 0.3) is 10.1 Å². The second kappa shape index (κ2) is 58.6. The second-order valence-corrected chi connectivity index (χ2v) is 17.6. The van der Waals surface area contributed by atoms with Gasteiger partial charge in [0.15, 0.2) is 0 Å². The summed E-state index contributed by atoms with van der Waals surface area (Å²) in [5.74, 6) is -4.42. The van der Waals surface area contributed by atoms with Crippen molar-refractivity contribution in [3.05, 3.63) is 24.3 Å². The molecule has 0 aromatic heterocycles. The Morgan fingerprint density at radius 1 is 0.529 bits per heavy atom. The molecule has 0 amide bonds. The standard InChI is InChI=1S/2C22H42O5.C4H6O7S.2Na/c2*1-2-3-4-11-14-21(24)15-12-9-7-5-6-8-10-13-16-22(25)27-20-19-26-18-17-23;5-3(6)1-2(4(7)8)12(9,10)11;;/h2*9,12,21,23-24H,2-8,10-11,13-20H2,1H3;2H,1H2,(H,5,6)(H,7,8)(H,9,10,11);;/q;;;2*+1/p-2/b2*12-9-;;;/t2*21-;;;/m11.../s1. The molecule has 5 N–H and O–H groups in total. The molecule has 0 aromatic rings. The summed E-state index contributed by atoms with van der Waals surface area (Å²) in [6.45, 7) is 6.16. The number of carboxylic acids is 2. The number of carboxylic acid groups (broad SMARTS) is 2. The monoisotopic (exact) mass is 1010 g/mol. The Bertz CT molecular complexity index is 1240. The van der Waals surface area contributed by atoms with Crippen LogP contribution in [0.1, 0.15) is 187 Å². The Balaban J connectivity index is -0.000000308. The van der Waals surface area contributed by atoms with Crippen molar-refractivity contribution in [1.82, 2.24) is 0 Å². The summed E-state index contributed by atoms with van der Waals surface area (Å²) >= 11 is 0. The summed E-state index contributed by atoms with van der Waals surface area (Å²) in [5.41, 5.74) is 0. The predicted octanol–water partition coefficient (Wildman–Crippen LogP) is -0.766. The summed E-state index contributed by atoms with van der Waals surface area (Å²) in [5, 5.41) is 54.1. The first-order valence-electron chi connectivity index (χ1n) is 24.4. The van der Waals surface area contributed by atoms with Crippen LogP contribution in [0.2, 0.25) is 0 Å². The van der Waals surface area contributed by atoms with Gasteiger partial charge in [-0.1, -0.05) is 128 Å². The Hall–Kier alpha value is -0.970. The molecule has 3 atom stereocenters. The average Bonchev–Trinajstić information content (AvgIpc) is 3.27. The third kappa shape index (κ3) is 63.0. The van der Waals surface area contributed by atoms with E-state index in [9.17, 15) is 48.0 Å². The van der Waals surface area contributed by atoms with Crippen molar-refractivity contribution in [2.45, 2.75) is 205 Å². The Kier molecular flexibility index (Phi) is 65.5. The maximum atomic E-state index is 11.5. The summed E-state index contributed by atoms with van der Waals surface area (Å²) in [4.78, 5) is 42.7. The molecule has 0 spiro atoms. The zero-order valence-corrected chi connectivity index (χ0v) is 47.1. The van der Waals surface area contributed by atoms with Gasteiger partial charge in [-0.2, -0.15) is 8.42 Å². The maximum absolute atomic E-state index is 11.5. The molecule has 0 aliphatic carbocycles. The first-order valence-corrected chi connectivity index (χ1v) is 25.9. The van der Waals surface area contributed by atoms with E-state index in [0.717, 1.165) is 103 Å².